The van der Waals surface area contributed by atoms with Crippen LogP contribution in [0.5, 0.6) is 0 Å². The molecule has 0 unspecified atom stereocenters. The molecule has 0 aromatic carbocycles. The van der Waals surface area contributed by atoms with E-state index in [1.165, 1.54) is 0 Å². The van der Waals surface area contributed by atoms with Crippen LogP contribution in [-0.4, -0.2) is 17.0 Å². The minimum absolute atomic E-state index is 0.130. The molecule has 0 radical (unpaired) electrons. The van der Waals surface area contributed by atoms with Crippen LogP contribution in [0.4, 0.5) is 0 Å². The molecule has 1 aliphatic carbocycles. The highest BCUT2D eigenvalue weighted by Crippen LogP contribution is 2.27. The van der Waals surface area contributed by atoms with Crippen molar-refractivity contribution in [3.05, 3.63) is 0 Å². The third kappa shape index (κ3) is 6.83. The molecule has 4 heteroatoms. The van der Waals surface area contributed by atoms with E-state index in [0.717, 1.165) is 12.8 Å². The van der Waals surface area contributed by atoms with Gasteiger partial charge in [0.1, 0.15) is 0 Å². The van der Waals surface area contributed by atoms with Gasteiger partial charge < -0.3 is 10.8 Å². The van der Waals surface area contributed by atoms with Crippen molar-refractivity contribution in [2.75, 3.05) is 0 Å². The summed E-state index contributed by atoms with van der Waals surface area (Å²) in [4.78, 5) is 19.4. The summed E-state index contributed by atoms with van der Waals surface area (Å²) in [6.07, 6.45) is 2.27. The van der Waals surface area contributed by atoms with Gasteiger partial charge in [-0.1, -0.05) is 6.92 Å². The van der Waals surface area contributed by atoms with Crippen molar-refractivity contribution in [1.29, 1.82) is 0 Å². The van der Waals surface area contributed by atoms with Gasteiger partial charge in [0.05, 0.1) is 0 Å². The van der Waals surface area contributed by atoms with Crippen LogP contribution in [-0.2, 0) is 9.59 Å². The fourth-order valence-corrected chi connectivity index (χ4v) is 0.368. The van der Waals surface area contributed by atoms with Gasteiger partial charge in [-0.3, -0.25) is 9.59 Å². The summed E-state index contributed by atoms with van der Waals surface area (Å²) in [5.41, 5.74) is 4.86. The van der Waals surface area contributed by atoms with E-state index in [-0.39, 0.29) is 18.2 Å². The van der Waals surface area contributed by atoms with Gasteiger partial charge in [-0.25, -0.2) is 0 Å². The van der Waals surface area contributed by atoms with Crippen LogP contribution in [0, 0.1) is 5.92 Å². The summed E-state index contributed by atoms with van der Waals surface area (Å²) in [6.45, 7) is 1.60. The van der Waals surface area contributed by atoms with Crippen LogP contribution >= 0.6 is 0 Å². The van der Waals surface area contributed by atoms with Gasteiger partial charge in [0.2, 0.25) is 5.91 Å². The second-order valence-electron chi connectivity index (χ2n) is 2.42. The maximum Gasteiger partial charge on any atom is 0.303 e. The van der Waals surface area contributed by atoms with E-state index in [1.807, 2.05) is 0 Å². The average molecular weight is 159 g/mol. The summed E-state index contributed by atoms with van der Waals surface area (Å²) in [5, 5.41) is 7.72. The van der Waals surface area contributed by atoms with Gasteiger partial charge in [-0.05, 0) is 12.8 Å². The van der Waals surface area contributed by atoms with Gasteiger partial charge in [-0.2, -0.15) is 0 Å². The molecule has 0 atom stereocenters. The molecule has 0 aromatic rings. The third-order valence-corrected chi connectivity index (χ3v) is 1.28. The molecule has 0 spiro atoms. The van der Waals surface area contributed by atoms with Gasteiger partial charge in [0.15, 0.2) is 0 Å². The van der Waals surface area contributed by atoms with Crippen molar-refractivity contribution in [3.63, 3.8) is 0 Å². The first-order valence-corrected chi connectivity index (χ1v) is 3.59. The van der Waals surface area contributed by atoms with E-state index in [2.05, 4.69) is 0 Å². The smallest absolute Gasteiger partial charge is 0.303 e. The van der Waals surface area contributed by atoms with E-state index >= 15 is 0 Å². The molecule has 1 amide bonds. The maximum absolute atomic E-state index is 9.98. The number of hydrogen-bond acceptors (Lipinski definition) is 2. The highest BCUT2D eigenvalue weighted by Gasteiger charge is 2.26. The Bertz CT molecular complexity index is 152. The fraction of sp³-hybridized carbons (Fsp3) is 0.714. The summed E-state index contributed by atoms with van der Waals surface area (Å²) in [6, 6.07) is 0. The molecule has 11 heavy (non-hydrogen) atoms. The Morgan fingerprint density at radius 2 is 1.91 bits per heavy atom. The zero-order valence-corrected chi connectivity index (χ0v) is 6.54. The number of nitrogens with two attached hydrogens (primary N) is 1. The van der Waals surface area contributed by atoms with Gasteiger partial charge in [0, 0.05) is 12.3 Å². The second-order valence-corrected chi connectivity index (χ2v) is 2.42. The summed E-state index contributed by atoms with van der Waals surface area (Å²) in [7, 11) is 0. The van der Waals surface area contributed by atoms with Crippen LogP contribution in [0.1, 0.15) is 26.2 Å². The summed E-state index contributed by atoms with van der Waals surface area (Å²) in [5.74, 6) is -0.634. The Hall–Kier alpha value is -1.06. The number of hydrogen-bond donors (Lipinski definition) is 2. The van der Waals surface area contributed by atoms with E-state index < -0.39 is 5.97 Å². The van der Waals surface area contributed by atoms with Crippen molar-refractivity contribution < 1.29 is 14.7 Å². The second kappa shape index (κ2) is 4.71. The first-order chi connectivity index (χ1) is 5.07. The number of rotatable bonds is 2. The molecule has 0 saturated heterocycles. The normalized spacial score (nSPS) is 14.6. The molecule has 0 aliphatic heterocycles. The van der Waals surface area contributed by atoms with Crippen molar-refractivity contribution in [2.45, 2.75) is 26.2 Å². The van der Waals surface area contributed by atoms with E-state index in [9.17, 15) is 9.59 Å². The SMILES string of the molecule is CCC(=O)O.NC(=O)C1CC1. The Kier molecular flexibility index (Phi) is 4.26. The minimum Gasteiger partial charge on any atom is -0.481 e. The van der Waals surface area contributed by atoms with Crippen molar-refractivity contribution in [3.8, 4) is 0 Å². The first-order valence-electron chi connectivity index (χ1n) is 3.59. The molecule has 0 bridgehead atoms. The van der Waals surface area contributed by atoms with Crippen LogP contribution < -0.4 is 5.73 Å². The molecule has 1 saturated carbocycles. The average Bonchev–Trinajstić information content (AvgIpc) is 2.69. The number of carboxylic acid groups (broad SMARTS) is 1. The molecule has 64 valence electrons. The predicted molar refractivity (Wildman–Crippen MR) is 39.8 cm³/mol. The lowest BCUT2D eigenvalue weighted by atomic mass is 10.4. The van der Waals surface area contributed by atoms with Crippen LogP contribution in [0.2, 0.25) is 0 Å². The number of carbonyl (C=O) groups excluding carboxylic acids is 1. The first kappa shape index (κ1) is 9.94. The van der Waals surface area contributed by atoms with E-state index in [1.54, 1.807) is 6.92 Å². The lowest BCUT2D eigenvalue weighted by Crippen LogP contribution is -2.11. The van der Waals surface area contributed by atoms with Crippen molar-refractivity contribution in [1.82, 2.24) is 0 Å². The lowest BCUT2D eigenvalue weighted by molar-refractivity contribution is -0.136. The Balaban J connectivity index is 0.000000187. The molecule has 1 aliphatic rings. The third-order valence-electron chi connectivity index (χ3n) is 1.28. The Morgan fingerprint density at radius 3 is 1.91 bits per heavy atom. The largest absolute Gasteiger partial charge is 0.481 e. The molecule has 4 nitrogen and oxygen atoms in total. The lowest BCUT2D eigenvalue weighted by Gasteiger charge is -1.77. The molecule has 0 heterocycles. The molecule has 0 aromatic heterocycles. The van der Waals surface area contributed by atoms with Crippen molar-refractivity contribution in [2.24, 2.45) is 11.7 Å². The number of carboxylic acids is 1. The highest BCUT2D eigenvalue weighted by atomic mass is 16.4. The Labute approximate surface area is 65.4 Å². The molecular formula is C7H13NO3. The highest BCUT2D eigenvalue weighted by molar-refractivity contribution is 5.78. The maximum atomic E-state index is 9.98. The molecule has 1 fully saturated rings. The number of primary amides is 1. The van der Waals surface area contributed by atoms with Gasteiger partial charge in [0.25, 0.3) is 0 Å². The van der Waals surface area contributed by atoms with Gasteiger partial charge >= 0.3 is 5.97 Å². The van der Waals surface area contributed by atoms with E-state index in [0.29, 0.717) is 0 Å². The number of aliphatic carboxylic acids is 1. The van der Waals surface area contributed by atoms with Crippen LogP contribution in [0.25, 0.3) is 0 Å². The quantitative estimate of drug-likeness (QED) is 0.610. The zero-order chi connectivity index (χ0) is 8.85. The summed E-state index contributed by atoms with van der Waals surface area (Å²) >= 11 is 0. The topological polar surface area (TPSA) is 80.4 Å². The zero-order valence-electron chi connectivity index (χ0n) is 6.54. The van der Waals surface area contributed by atoms with E-state index in [4.69, 9.17) is 10.8 Å². The standard InChI is InChI=1S/C4H7NO.C3H6O2/c5-4(6)3-1-2-3;1-2-3(4)5/h3H,1-2H2,(H2,5,6);2H2,1H3,(H,4,5). The van der Waals surface area contributed by atoms with Crippen LogP contribution in [0.3, 0.4) is 0 Å². The fourth-order valence-electron chi connectivity index (χ4n) is 0.368. The van der Waals surface area contributed by atoms with Gasteiger partial charge in [-0.15, -0.1) is 0 Å². The van der Waals surface area contributed by atoms with Crippen LogP contribution in [0.15, 0.2) is 0 Å². The van der Waals surface area contributed by atoms with Crippen molar-refractivity contribution >= 4 is 11.9 Å². The molecule has 1 rings (SSSR count). The molecule has 3 N–H and O–H groups in total. The minimum atomic E-state index is -0.745. The number of carbonyl (C=O) groups is 2. The molecular weight excluding hydrogens is 146 g/mol. The monoisotopic (exact) mass is 159 g/mol. The summed E-state index contributed by atoms with van der Waals surface area (Å²) < 4.78 is 0. The Morgan fingerprint density at radius 1 is 1.55 bits per heavy atom. The number of amides is 1. The predicted octanol–water partition coefficient (Wildman–Crippen LogP) is 0.363.